The van der Waals surface area contributed by atoms with Gasteiger partial charge in [-0.15, -0.1) is 0 Å². The highest BCUT2D eigenvalue weighted by Gasteiger charge is 2.05. The number of aromatic nitrogens is 1. The van der Waals surface area contributed by atoms with Gasteiger partial charge in [0, 0.05) is 26.3 Å². The van der Waals surface area contributed by atoms with Crippen LogP contribution < -0.4 is 10.2 Å². The second kappa shape index (κ2) is 7.37. The van der Waals surface area contributed by atoms with Crippen LogP contribution >= 0.6 is 0 Å². The van der Waals surface area contributed by atoms with Crippen molar-refractivity contribution in [3.05, 3.63) is 23.9 Å². The number of hydrogen-bond donors (Lipinski definition) is 1. The van der Waals surface area contributed by atoms with Crippen molar-refractivity contribution in [2.45, 2.75) is 34.2 Å². The van der Waals surface area contributed by atoms with Gasteiger partial charge in [0.1, 0.15) is 5.82 Å². The van der Waals surface area contributed by atoms with Crippen LogP contribution in [0.1, 0.15) is 33.3 Å². The molecule has 1 aromatic rings. The maximum Gasteiger partial charge on any atom is 0.128 e. The number of nitrogens with zero attached hydrogens (tertiary/aromatic N) is 2. The van der Waals surface area contributed by atoms with Crippen LogP contribution in [0.3, 0.4) is 0 Å². The van der Waals surface area contributed by atoms with E-state index in [4.69, 9.17) is 0 Å². The van der Waals surface area contributed by atoms with E-state index in [1.54, 1.807) is 0 Å². The van der Waals surface area contributed by atoms with E-state index in [1.807, 2.05) is 6.20 Å². The highest BCUT2D eigenvalue weighted by molar-refractivity contribution is 5.40. The summed E-state index contributed by atoms with van der Waals surface area (Å²) in [4.78, 5) is 6.65. The average molecular weight is 249 g/mol. The Morgan fingerprint density at radius 1 is 1.22 bits per heavy atom. The van der Waals surface area contributed by atoms with E-state index in [1.165, 1.54) is 5.56 Å². The Hall–Kier alpha value is -1.09. The van der Waals surface area contributed by atoms with Crippen molar-refractivity contribution in [1.82, 2.24) is 10.3 Å². The standard InChI is InChI=1S/C15H27N3/c1-12(2)9-16-10-14-6-7-17-15(8-14)18(5)11-13(3)4/h6-8,12-13,16H,9-11H2,1-5H3. The van der Waals surface area contributed by atoms with Crippen LogP contribution in [0.15, 0.2) is 18.3 Å². The van der Waals surface area contributed by atoms with Gasteiger partial charge in [0.05, 0.1) is 0 Å². The molecule has 3 heteroatoms. The molecule has 0 spiro atoms. The third-order valence-corrected chi connectivity index (χ3v) is 2.72. The van der Waals surface area contributed by atoms with Gasteiger partial charge in [0.15, 0.2) is 0 Å². The number of nitrogens with one attached hydrogen (secondary N) is 1. The number of hydrogen-bond acceptors (Lipinski definition) is 3. The van der Waals surface area contributed by atoms with Crippen molar-refractivity contribution in [3.63, 3.8) is 0 Å². The van der Waals surface area contributed by atoms with E-state index in [0.29, 0.717) is 11.8 Å². The molecule has 18 heavy (non-hydrogen) atoms. The molecule has 0 aromatic carbocycles. The number of pyridine rings is 1. The van der Waals surface area contributed by atoms with Gasteiger partial charge in [-0.3, -0.25) is 0 Å². The lowest BCUT2D eigenvalue weighted by molar-refractivity contribution is 0.552. The lowest BCUT2D eigenvalue weighted by Gasteiger charge is -2.21. The summed E-state index contributed by atoms with van der Waals surface area (Å²) in [6.07, 6.45) is 1.90. The Kier molecular flexibility index (Phi) is 6.13. The van der Waals surface area contributed by atoms with Gasteiger partial charge in [0.2, 0.25) is 0 Å². The van der Waals surface area contributed by atoms with Crippen LogP contribution in [0.2, 0.25) is 0 Å². The maximum absolute atomic E-state index is 4.43. The predicted molar refractivity (Wildman–Crippen MR) is 78.9 cm³/mol. The minimum atomic E-state index is 0.652. The summed E-state index contributed by atoms with van der Waals surface area (Å²) in [5.74, 6) is 2.40. The fourth-order valence-corrected chi connectivity index (χ4v) is 1.93. The second-order valence-electron chi connectivity index (χ2n) is 5.82. The molecule has 0 fully saturated rings. The highest BCUT2D eigenvalue weighted by atomic mass is 15.2. The first-order valence-electron chi connectivity index (χ1n) is 6.85. The summed E-state index contributed by atoms with van der Waals surface area (Å²) >= 11 is 0. The molecule has 1 heterocycles. The van der Waals surface area contributed by atoms with Crippen molar-refractivity contribution < 1.29 is 0 Å². The molecule has 1 N–H and O–H groups in total. The van der Waals surface area contributed by atoms with Crippen molar-refractivity contribution in [2.24, 2.45) is 11.8 Å². The SMILES string of the molecule is CC(C)CNCc1ccnc(N(C)CC(C)C)c1. The van der Waals surface area contributed by atoms with E-state index in [0.717, 1.165) is 25.5 Å². The van der Waals surface area contributed by atoms with Crippen molar-refractivity contribution in [3.8, 4) is 0 Å². The first-order chi connectivity index (χ1) is 8.49. The topological polar surface area (TPSA) is 28.2 Å². The van der Waals surface area contributed by atoms with Crippen molar-refractivity contribution >= 4 is 5.82 Å². The molecule has 0 radical (unpaired) electrons. The monoisotopic (exact) mass is 249 g/mol. The van der Waals surface area contributed by atoms with Crippen LogP contribution in [-0.4, -0.2) is 25.1 Å². The quantitative estimate of drug-likeness (QED) is 0.805. The second-order valence-corrected chi connectivity index (χ2v) is 5.82. The van der Waals surface area contributed by atoms with Gasteiger partial charge in [-0.25, -0.2) is 4.98 Å². The first kappa shape index (κ1) is 15.0. The van der Waals surface area contributed by atoms with Crippen LogP contribution in [0.25, 0.3) is 0 Å². The Bertz CT molecular complexity index is 347. The van der Waals surface area contributed by atoms with Crippen LogP contribution in [0, 0.1) is 11.8 Å². The lowest BCUT2D eigenvalue weighted by atomic mass is 10.2. The fraction of sp³-hybridized carbons (Fsp3) is 0.667. The van der Waals surface area contributed by atoms with Gasteiger partial charge in [0.25, 0.3) is 0 Å². The molecule has 1 rings (SSSR count). The summed E-state index contributed by atoms with van der Waals surface area (Å²) < 4.78 is 0. The molecular weight excluding hydrogens is 222 g/mol. The van der Waals surface area contributed by atoms with E-state index < -0.39 is 0 Å². The minimum Gasteiger partial charge on any atom is -0.359 e. The predicted octanol–water partition coefficient (Wildman–Crippen LogP) is 2.92. The van der Waals surface area contributed by atoms with E-state index in [-0.39, 0.29) is 0 Å². The Labute approximate surface area is 112 Å². The zero-order valence-electron chi connectivity index (χ0n) is 12.4. The smallest absolute Gasteiger partial charge is 0.128 e. The normalized spacial score (nSPS) is 11.3. The third-order valence-electron chi connectivity index (χ3n) is 2.72. The van der Waals surface area contributed by atoms with Crippen LogP contribution in [0.4, 0.5) is 5.82 Å². The van der Waals surface area contributed by atoms with E-state index in [2.05, 4.69) is 62.1 Å². The molecule has 0 saturated heterocycles. The molecule has 1 aromatic heterocycles. The molecule has 0 aliphatic heterocycles. The minimum absolute atomic E-state index is 0.652. The zero-order chi connectivity index (χ0) is 13.5. The summed E-state index contributed by atoms with van der Waals surface area (Å²) in [6, 6.07) is 4.26. The van der Waals surface area contributed by atoms with Crippen LogP contribution in [-0.2, 0) is 6.54 Å². The Morgan fingerprint density at radius 2 is 1.94 bits per heavy atom. The number of rotatable bonds is 7. The van der Waals surface area contributed by atoms with Gasteiger partial charge in [-0.1, -0.05) is 27.7 Å². The molecule has 0 amide bonds. The van der Waals surface area contributed by atoms with Gasteiger partial charge >= 0.3 is 0 Å². The van der Waals surface area contributed by atoms with Gasteiger partial charge in [-0.05, 0) is 36.1 Å². The van der Waals surface area contributed by atoms with Gasteiger partial charge < -0.3 is 10.2 Å². The summed E-state index contributed by atoms with van der Waals surface area (Å²) in [5.41, 5.74) is 1.30. The summed E-state index contributed by atoms with van der Waals surface area (Å²) in [6.45, 7) is 11.9. The molecule has 0 aliphatic rings. The maximum atomic E-state index is 4.43. The summed E-state index contributed by atoms with van der Waals surface area (Å²) in [7, 11) is 2.10. The molecule has 0 unspecified atom stereocenters. The highest BCUT2D eigenvalue weighted by Crippen LogP contribution is 2.12. The van der Waals surface area contributed by atoms with Crippen molar-refractivity contribution in [1.29, 1.82) is 0 Å². The fourth-order valence-electron chi connectivity index (χ4n) is 1.93. The number of anilines is 1. The molecule has 0 atom stereocenters. The largest absolute Gasteiger partial charge is 0.359 e. The Morgan fingerprint density at radius 3 is 2.56 bits per heavy atom. The Balaban J connectivity index is 2.56. The first-order valence-corrected chi connectivity index (χ1v) is 6.85. The molecule has 0 aliphatic carbocycles. The third kappa shape index (κ3) is 5.50. The molecule has 0 saturated carbocycles. The van der Waals surface area contributed by atoms with Crippen molar-refractivity contribution in [2.75, 3.05) is 25.0 Å². The molecule has 0 bridgehead atoms. The van der Waals surface area contributed by atoms with Crippen LogP contribution in [0.5, 0.6) is 0 Å². The molecule has 3 nitrogen and oxygen atoms in total. The summed E-state index contributed by atoms with van der Waals surface area (Å²) in [5, 5.41) is 3.46. The van der Waals surface area contributed by atoms with E-state index in [9.17, 15) is 0 Å². The van der Waals surface area contributed by atoms with Gasteiger partial charge in [-0.2, -0.15) is 0 Å². The average Bonchev–Trinajstić information content (AvgIpc) is 2.28. The zero-order valence-corrected chi connectivity index (χ0v) is 12.4. The lowest BCUT2D eigenvalue weighted by Crippen LogP contribution is -2.24. The molecule has 102 valence electrons. The van der Waals surface area contributed by atoms with E-state index >= 15 is 0 Å². The molecular formula is C15H27N3.